The fourth-order valence-corrected chi connectivity index (χ4v) is 3.36. The molecule has 1 heterocycles. The molecule has 2 N–H and O–H groups in total. The Morgan fingerprint density at radius 1 is 0.700 bits per heavy atom. The lowest BCUT2D eigenvalue weighted by molar-refractivity contribution is -0.143. The summed E-state index contributed by atoms with van der Waals surface area (Å²) in [7, 11) is 0. The van der Waals surface area contributed by atoms with Crippen LogP contribution < -0.4 is 5.73 Å². The minimum absolute atomic E-state index is 0.167. The molecule has 1 aliphatic heterocycles. The number of amides is 2. The van der Waals surface area contributed by atoms with Gasteiger partial charge in [-0.05, 0) is 38.5 Å². The number of rotatable bonds is 2. The van der Waals surface area contributed by atoms with E-state index in [-0.39, 0.29) is 23.8 Å². The van der Waals surface area contributed by atoms with Crippen LogP contribution in [0.5, 0.6) is 0 Å². The van der Waals surface area contributed by atoms with Crippen molar-refractivity contribution in [1.82, 2.24) is 9.80 Å². The maximum absolute atomic E-state index is 12.5. The van der Waals surface area contributed by atoms with Gasteiger partial charge in [-0.25, -0.2) is 0 Å². The molecular weight excluding hydrogens is 254 g/mol. The summed E-state index contributed by atoms with van der Waals surface area (Å²) in [5.41, 5.74) is 5.89. The molecule has 0 atom stereocenters. The zero-order valence-electron chi connectivity index (χ0n) is 12.1. The summed E-state index contributed by atoms with van der Waals surface area (Å²) in [5.74, 6) is 1.05. The Labute approximate surface area is 120 Å². The average Bonchev–Trinajstić information content (AvgIpc) is 3.31. The van der Waals surface area contributed by atoms with Crippen LogP contribution in [0.25, 0.3) is 0 Å². The van der Waals surface area contributed by atoms with Crippen LogP contribution in [0.15, 0.2) is 0 Å². The highest BCUT2D eigenvalue weighted by atomic mass is 16.2. The third kappa shape index (κ3) is 2.97. The molecule has 1 saturated heterocycles. The van der Waals surface area contributed by atoms with E-state index in [2.05, 4.69) is 0 Å². The number of hydrogen-bond donors (Lipinski definition) is 1. The molecule has 0 spiro atoms. The summed E-state index contributed by atoms with van der Waals surface area (Å²) in [6.07, 6.45) is 5.91. The zero-order valence-corrected chi connectivity index (χ0v) is 12.1. The first-order valence-electron chi connectivity index (χ1n) is 7.98. The van der Waals surface area contributed by atoms with Crippen LogP contribution in [-0.2, 0) is 9.59 Å². The van der Waals surface area contributed by atoms with Gasteiger partial charge in [0.05, 0.1) is 0 Å². The SMILES string of the molecule is NC1CCC(C(=O)N2CCN(C(=O)C3CC3)CC2)CC1. The third-order valence-corrected chi connectivity index (χ3v) is 4.95. The van der Waals surface area contributed by atoms with Gasteiger partial charge in [-0.2, -0.15) is 0 Å². The van der Waals surface area contributed by atoms with E-state index in [1.54, 1.807) is 0 Å². The van der Waals surface area contributed by atoms with Gasteiger partial charge in [0.25, 0.3) is 0 Å². The maximum atomic E-state index is 12.5. The minimum Gasteiger partial charge on any atom is -0.339 e. The van der Waals surface area contributed by atoms with Crippen molar-refractivity contribution in [3.63, 3.8) is 0 Å². The molecule has 3 fully saturated rings. The van der Waals surface area contributed by atoms with Crippen molar-refractivity contribution >= 4 is 11.8 Å². The topological polar surface area (TPSA) is 66.6 Å². The van der Waals surface area contributed by atoms with Crippen LogP contribution in [0.1, 0.15) is 38.5 Å². The van der Waals surface area contributed by atoms with Gasteiger partial charge in [0.2, 0.25) is 11.8 Å². The van der Waals surface area contributed by atoms with Gasteiger partial charge in [0.1, 0.15) is 0 Å². The highest BCUT2D eigenvalue weighted by Crippen LogP contribution is 2.31. The third-order valence-electron chi connectivity index (χ3n) is 4.95. The lowest BCUT2D eigenvalue weighted by atomic mass is 9.85. The first-order chi connectivity index (χ1) is 9.65. The summed E-state index contributed by atoms with van der Waals surface area (Å²) in [6, 6.07) is 0.284. The molecule has 0 aromatic carbocycles. The first-order valence-corrected chi connectivity index (χ1v) is 7.98. The van der Waals surface area contributed by atoms with E-state index >= 15 is 0 Å². The molecule has 0 aromatic rings. The van der Waals surface area contributed by atoms with Crippen LogP contribution >= 0.6 is 0 Å². The van der Waals surface area contributed by atoms with E-state index in [0.29, 0.717) is 32.1 Å². The molecule has 3 aliphatic rings. The molecule has 0 aromatic heterocycles. The van der Waals surface area contributed by atoms with Gasteiger partial charge in [-0.1, -0.05) is 0 Å². The van der Waals surface area contributed by atoms with Gasteiger partial charge < -0.3 is 15.5 Å². The molecule has 5 nitrogen and oxygen atoms in total. The molecule has 0 radical (unpaired) electrons. The highest BCUT2D eigenvalue weighted by molar-refractivity contribution is 5.82. The molecule has 2 amide bonds. The molecule has 0 bridgehead atoms. The summed E-state index contributed by atoms with van der Waals surface area (Å²) in [4.78, 5) is 28.3. The smallest absolute Gasteiger partial charge is 0.225 e. The monoisotopic (exact) mass is 279 g/mol. The number of carbonyl (C=O) groups is 2. The van der Waals surface area contributed by atoms with Gasteiger partial charge >= 0.3 is 0 Å². The second-order valence-corrected chi connectivity index (χ2v) is 6.54. The normalized spacial score (nSPS) is 31.2. The largest absolute Gasteiger partial charge is 0.339 e. The Hall–Kier alpha value is -1.10. The minimum atomic E-state index is 0.167. The first kappa shape index (κ1) is 13.9. The van der Waals surface area contributed by atoms with E-state index in [9.17, 15) is 9.59 Å². The second-order valence-electron chi connectivity index (χ2n) is 6.54. The van der Waals surface area contributed by atoms with Crippen molar-refractivity contribution in [3.05, 3.63) is 0 Å². The number of nitrogens with zero attached hydrogens (tertiary/aromatic N) is 2. The fraction of sp³-hybridized carbons (Fsp3) is 0.867. The zero-order chi connectivity index (χ0) is 14.1. The number of piperazine rings is 1. The van der Waals surface area contributed by atoms with Crippen molar-refractivity contribution in [1.29, 1.82) is 0 Å². The van der Waals surface area contributed by atoms with Crippen molar-refractivity contribution in [2.24, 2.45) is 17.6 Å². The Balaban J connectivity index is 1.47. The molecule has 5 heteroatoms. The van der Waals surface area contributed by atoms with Crippen LogP contribution in [0.4, 0.5) is 0 Å². The lowest BCUT2D eigenvalue weighted by Crippen LogP contribution is -2.52. The van der Waals surface area contributed by atoms with Crippen molar-refractivity contribution in [2.45, 2.75) is 44.6 Å². The Kier molecular flexibility index (Phi) is 3.96. The van der Waals surface area contributed by atoms with E-state index < -0.39 is 0 Å². The fourth-order valence-electron chi connectivity index (χ4n) is 3.36. The Bertz CT molecular complexity index is 379. The molecule has 20 heavy (non-hydrogen) atoms. The predicted molar refractivity (Wildman–Crippen MR) is 75.8 cm³/mol. The molecule has 0 unspecified atom stereocenters. The van der Waals surface area contributed by atoms with Gasteiger partial charge in [0, 0.05) is 44.1 Å². The van der Waals surface area contributed by atoms with E-state index in [1.165, 1.54) is 0 Å². The van der Waals surface area contributed by atoms with Gasteiger partial charge in [-0.3, -0.25) is 9.59 Å². The van der Waals surface area contributed by atoms with Crippen molar-refractivity contribution < 1.29 is 9.59 Å². The van der Waals surface area contributed by atoms with E-state index in [1.807, 2.05) is 9.80 Å². The molecular formula is C15H25N3O2. The number of hydrogen-bond acceptors (Lipinski definition) is 3. The van der Waals surface area contributed by atoms with Crippen LogP contribution in [0.3, 0.4) is 0 Å². The maximum Gasteiger partial charge on any atom is 0.225 e. The molecule has 112 valence electrons. The second kappa shape index (κ2) is 5.72. The Morgan fingerprint density at radius 3 is 1.40 bits per heavy atom. The number of carbonyl (C=O) groups excluding carboxylic acids is 2. The predicted octanol–water partition coefficient (Wildman–Crippen LogP) is 0.585. The van der Waals surface area contributed by atoms with Crippen molar-refractivity contribution in [2.75, 3.05) is 26.2 Å². The van der Waals surface area contributed by atoms with Crippen molar-refractivity contribution in [3.8, 4) is 0 Å². The summed E-state index contributed by atoms with van der Waals surface area (Å²) < 4.78 is 0. The standard InChI is InChI=1S/C15H25N3O2/c16-13-5-3-12(4-6-13)15(20)18-9-7-17(8-10-18)14(19)11-1-2-11/h11-13H,1-10,16H2. The van der Waals surface area contributed by atoms with Crippen LogP contribution in [-0.4, -0.2) is 53.8 Å². The summed E-state index contributed by atoms with van der Waals surface area (Å²) >= 11 is 0. The summed E-state index contributed by atoms with van der Waals surface area (Å²) in [5, 5.41) is 0. The Morgan fingerprint density at radius 2 is 1.05 bits per heavy atom. The molecule has 3 rings (SSSR count). The molecule has 2 aliphatic carbocycles. The van der Waals surface area contributed by atoms with E-state index in [4.69, 9.17) is 5.73 Å². The number of nitrogens with two attached hydrogens (primary N) is 1. The van der Waals surface area contributed by atoms with Crippen LogP contribution in [0, 0.1) is 11.8 Å². The van der Waals surface area contributed by atoms with E-state index in [0.717, 1.165) is 38.5 Å². The average molecular weight is 279 g/mol. The van der Waals surface area contributed by atoms with Crippen LogP contribution in [0.2, 0.25) is 0 Å². The molecule has 2 saturated carbocycles. The van der Waals surface area contributed by atoms with Gasteiger partial charge in [-0.15, -0.1) is 0 Å². The highest BCUT2D eigenvalue weighted by Gasteiger charge is 2.36. The van der Waals surface area contributed by atoms with Gasteiger partial charge in [0.15, 0.2) is 0 Å². The lowest BCUT2D eigenvalue weighted by Gasteiger charge is -2.37. The summed E-state index contributed by atoms with van der Waals surface area (Å²) in [6.45, 7) is 2.85. The quantitative estimate of drug-likeness (QED) is 0.804.